The lowest BCUT2D eigenvalue weighted by Gasteiger charge is -2.13. The Labute approximate surface area is 330 Å². The van der Waals surface area contributed by atoms with Gasteiger partial charge in [-0.15, -0.1) is 0 Å². The van der Waals surface area contributed by atoms with Crippen LogP contribution in [0.15, 0.2) is 200 Å². The van der Waals surface area contributed by atoms with Gasteiger partial charge in [-0.1, -0.05) is 145 Å². The molecule has 11 rings (SSSR count). The number of hydrogen-bond acceptors (Lipinski definition) is 2. The molecule has 11 aromatic rings. The third-order valence-electron chi connectivity index (χ3n) is 11.2. The van der Waals surface area contributed by atoms with Crippen LogP contribution in [0.5, 0.6) is 0 Å². The Kier molecular flexibility index (Phi) is 7.68. The quantitative estimate of drug-likeness (QED) is 0.171. The zero-order valence-corrected chi connectivity index (χ0v) is 31.3. The molecule has 3 heterocycles. The van der Waals surface area contributed by atoms with Crippen molar-refractivity contribution in [3.05, 3.63) is 206 Å². The molecule has 268 valence electrons. The predicted octanol–water partition coefficient (Wildman–Crippen LogP) is 13.6. The molecule has 0 unspecified atom stereocenters. The maximum absolute atomic E-state index is 5.15. The van der Waals surface area contributed by atoms with Gasteiger partial charge in [0.15, 0.2) is 5.82 Å². The molecular weight excluding hydrogens is 693 g/mol. The van der Waals surface area contributed by atoms with Gasteiger partial charge >= 0.3 is 0 Å². The number of benzene rings is 8. The second-order valence-electron chi connectivity index (χ2n) is 14.7. The van der Waals surface area contributed by atoms with E-state index < -0.39 is 0 Å². The average molecular weight is 729 g/mol. The molecule has 0 saturated heterocycles. The SMILES string of the molecule is Cc1ccc(-n2c3ccccc3c3cc(-c4ccc5c6ccccc6n(-c6cccc(-c7cc(-c8ccccc8)nc(-c8ccccc8)n7)c6)c5c4)ccc32)cc1. The van der Waals surface area contributed by atoms with Crippen LogP contribution in [0.1, 0.15) is 5.56 Å². The summed E-state index contributed by atoms with van der Waals surface area (Å²) in [6.07, 6.45) is 0. The molecule has 0 aliphatic heterocycles. The summed E-state index contributed by atoms with van der Waals surface area (Å²) in [5.74, 6) is 0.706. The fourth-order valence-electron chi connectivity index (χ4n) is 8.43. The number of fused-ring (bicyclic) bond motifs is 6. The number of aromatic nitrogens is 4. The lowest BCUT2D eigenvalue weighted by atomic mass is 10.0. The molecule has 4 heteroatoms. The van der Waals surface area contributed by atoms with Gasteiger partial charge in [-0.05, 0) is 78.7 Å². The van der Waals surface area contributed by atoms with Crippen molar-refractivity contribution in [1.82, 2.24) is 19.1 Å². The van der Waals surface area contributed by atoms with E-state index in [1.54, 1.807) is 0 Å². The van der Waals surface area contributed by atoms with E-state index in [1.807, 2.05) is 24.3 Å². The van der Waals surface area contributed by atoms with Gasteiger partial charge in [-0.3, -0.25) is 0 Å². The summed E-state index contributed by atoms with van der Waals surface area (Å²) in [4.78, 5) is 10.2. The number of hydrogen-bond donors (Lipinski definition) is 0. The first-order valence-electron chi connectivity index (χ1n) is 19.4. The maximum atomic E-state index is 5.15. The Morgan fingerprint density at radius 1 is 0.316 bits per heavy atom. The maximum Gasteiger partial charge on any atom is 0.160 e. The second kappa shape index (κ2) is 13.3. The summed E-state index contributed by atoms with van der Waals surface area (Å²) in [7, 11) is 0. The van der Waals surface area contributed by atoms with Crippen LogP contribution in [0, 0.1) is 6.92 Å². The Morgan fingerprint density at radius 2 is 0.860 bits per heavy atom. The summed E-state index contributed by atoms with van der Waals surface area (Å²) >= 11 is 0. The van der Waals surface area contributed by atoms with Crippen LogP contribution in [0.25, 0.3) is 100 Å². The molecule has 0 amide bonds. The Morgan fingerprint density at radius 3 is 1.60 bits per heavy atom. The average Bonchev–Trinajstić information content (AvgIpc) is 3.79. The van der Waals surface area contributed by atoms with Crippen LogP contribution in [0.2, 0.25) is 0 Å². The van der Waals surface area contributed by atoms with E-state index >= 15 is 0 Å². The molecule has 3 aromatic heterocycles. The van der Waals surface area contributed by atoms with E-state index in [2.05, 4.69) is 192 Å². The molecule has 0 saturated carbocycles. The summed E-state index contributed by atoms with van der Waals surface area (Å²) in [6, 6.07) is 71.5. The number of rotatable bonds is 6. The van der Waals surface area contributed by atoms with Crippen molar-refractivity contribution in [3.63, 3.8) is 0 Å². The highest BCUT2D eigenvalue weighted by molar-refractivity contribution is 6.12. The van der Waals surface area contributed by atoms with Gasteiger partial charge < -0.3 is 9.13 Å². The molecule has 4 nitrogen and oxygen atoms in total. The Hall–Kier alpha value is -7.56. The van der Waals surface area contributed by atoms with Crippen molar-refractivity contribution in [3.8, 4) is 56.4 Å². The Bertz CT molecular complexity index is 3230. The van der Waals surface area contributed by atoms with E-state index in [0.717, 1.165) is 44.8 Å². The fourth-order valence-corrected chi connectivity index (χ4v) is 8.43. The highest BCUT2D eigenvalue weighted by Gasteiger charge is 2.17. The van der Waals surface area contributed by atoms with Crippen LogP contribution in [-0.4, -0.2) is 19.1 Å². The normalized spacial score (nSPS) is 11.6. The fraction of sp³-hybridized carbons (Fsp3) is 0.0189. The molecule has 0 fully saturated rings. The van der Waals surface area contributed by atoms with Gasteiger partial charge in [-0.25, -0.2) is 9.97 Å². The van der Waals surface area contributed by atoms with Gasteiger partial charge in [0, 0.05) is 49.6 Å². The highest BCUT2D eigenvalue weighted by Crippen LogP contribution is 2.39. The van der Waals surface area contributed by atoms with Crippen molar-refractivity contribution >= 4 is 43.6 Å². The zero-order chi connectivity index (χ0) is 37.9. The van der Waals surface area contributed by atoms with Crippen molar-refractivity contribution in [2.24, 2.45) is 0 Å². The van der Waals surface area contributed by atoms with Crippen molar-refractivity contribution in [2.45, 2.75) is 6.92 Å². The first-order valence-corrected chi connectivity index (χ1v) is 19.4. The third-order valence-corrected chi connectivity index (χ3v) is 11.2. The number of aryl methyl sites for hydroxylation is 1. The predicted molar refractivity (Wildman–Crippen MR) is 237 cm³/mol. The Balaban J connectivity index is 1.07. The van der Waals surface area contributed by atoms with Crippen LogP contribution in [0.4, 0.5) is 0 Å². The summed E-state index contributed by atoms with van der Waals surface area (Å²) in [5, 5.41) is 4.93. The minimum atomic E-state index is 0.706. The molecule has 0 bridgehead atoms. The smallest absolute Gasteiger partial charge is 0.160 e. The minimum Gasteiger partial charge on any atom is -0.309 e. The first kappa shape index (κ1) is 32.8. The molecule has 0 radical (unpaired) electrons. The first-order chi connectivity index (χ1) is 28.2. The van der Waals surface area contributed by atoms with Crippen molar-refractivity contribution < 1.29 is 0 Å². The summed E-state index contributed by atoms with van der Waals surface area (Å²) < 4.78 is 4.78. The molecule has 57 heavy (non-hydrogen) atoms. The molecule has 0 aliphatic carbocycles. The van der Waals surface area contributed by atoms with Gasteiger partial charge in [0.25, 0.3) is 0 Å². The van der Waals surface area contributed by atoms with E-state index in [9.17, 15) is 0 Å². The lowest BCUT2D eigenvalue weighted by Crippen LogP contribution is -1.98. The van der Waals surface area contributed by atoms with Crippen molar-refractivity contribution in [2.75, 3.05) is 0 Å². The van der Waals surface area contributed by atoms with E-state index in [1.165, 1.54) is 55.0 Å². The molecule has 0 atom stereocenters. The number of nitrogens with zero attached hydrogens (tertiary/aromatic N) is 4. The topological polar surface area (TPSA) is 35.6 Å². The molecule has 8 aromatic carbocycles. The summed E-state index contributed by atoms with van der Waals surface area (Å²) in [5.41, 5.74) is 15.4. The van der Waals surface area contributed by atoms with Gasteiger partial charge in [0.05, 0.1) is 33.5 Å². The van der Waals surface area contributed by atoms with Gasteiger partial charge in [0.2, 0.25) is 0 Å². The van der Waals surface area contributed by atoms with E-state index in [-0.39, 0.29) is 0 Å². The van der Waals surface area contributed by atoms with E-state index in [0.29, 0.717) is 5.82 Å². The number of para-hydroxylation sites is 2. The third kappa shape index (κ3) is 5.61. The second-order valence-corrected chi connectivity index (χ2v) is 14.7. The van der Waals surface area contributed by atoms with Gasteiger partial charge in [-0.2, -0.15) is 0 Å². The van der Waals surface area contributed by atoms with Crippen LogP contribution < -0.4 is 0 Å². The van der Waals surface area contributed by atoms with Crippen LogP contribution in [-0.2, 0) is 0 Å². The summed E-state index contributed by atoms with van der Waals surface area (Å²) in [6.45, 7) is 2.14. The molecule has 0 aliphatic rings. The standard InChI is InChI=1S/C53H36N4/c1-35-23-27-41(28-24-35)56-50-22-11-9-20-44(50)46-32-38(26-30-51(46)56)39-25-29-45-43-19-8-10-21-49(43)57(52(45)33-39)42-18-12-17-40(31-42)48-34-47(36-13-4-2-5-14-36)54-53(55-48)37-15-6-3-7-16-37/h2-34H,1H3. The molecule has 0 N–H and O–H groups in total. The minimum absolute atomic E-state index is 0.706. The lowest BCUT2D eigenvalue weighted by molar-refractivity contribution is 1.16. The molecule has 0 spiro atoms. The van der Waals surface area contributed by atoms with Crippen molar-refractivity contribution in [1.29, 1.82) is 0 Å². The van der Waals surface area contributed by atoms with Crippen LogP contribution in [0.3, 0.4) is 0 Å². The van der Waals surface area contributed by atoms with E-state index in [4.69, 9.17) is 9.97 Å². The largest absolute Gasteiger partial charge is 0.309 e. The van der Waals surface area contributed by atoms with Gasteiger partial charge in [0.1, 0.15) is 0 Å². The molecular formula is C53H36N4. The highest BCUT2D eigenvalue weighted by atomic mass is 15.0. The monoisotopic (exact) mass is 728 g/mol. The zero-order valence-electron chi connectivity index (χ0n) is 31.3. The van der Waals surface area contributed by atoms with Crippen LogP contribution >= 0.6 is 0 Å².